The molecule has 26 heavy (non-hydrogen) atoms. The zero-order valence-corrected chi connectivity index (χ0v) is 15.9. The monoisotopic (exact) mass is 346 g/mol. The van der Waals surface area contributed by atoms with Gasteiger partial charge in [-0.15, -0.1) is 0 Å². The summed E-state index contributed by atoms with van der Waals surface area (Å²) in [5, 5.41) is 0. The fourth-order valence-corrected chi connectivity index (χ4v) is 2.91. The number of aryl methyl sites for hydroxylation is 1. The van der Waals surface area contributed by atoms with E-state index in [2.05, 4.69) is 66.2 Å². The third-order valence-corrected chi connectivity index (χ3v) is 4.39. The van der Waals surface area contributed by atoms with Crippen molar-refractivity contribution in [3.05, 3.63) is 78.0 Å². The van der Waals surface area contributed by atoms with E-state index in [-0.39, 0.29) is 0 Å². The molecule has 0 unspecified atom stereocenters. The lowest BCUT2D eigenvalue weighted by Crippen LogP contribution is -2.31. The number of hydrogen-bond donors (Lipinski definition) is 0. The molecule has 0 spiro atoms. The summed E-state index contributed by atoms with van der Waals surface area (Å²) >= 11 is 0. The molecule has 0 radical (unpaired) electrons. The summed E-state index contributed by atoms with van der Waals surface area (Å²) in [6.07, 6.45) is 0. The van der Waals surface area contributed by atoms with Crippen molar-refractivity contribution in [1.29, 1.82) is 0 Å². The van der Waals surface area contributed by atoms with Crippen molar-refractivity contribution >= 4 is 17.5 Å². The zero-order chi connectivity index (χ0) is 18.5. The Morgan fingerprint density at radius 3 is 2.12 bits per heavy atom. The zero-order valence-electron chi connectivity index (χ0n) is 15.9. The van der Waals surface area contributed by atoms with Crippen molar-refractivity contribution in [2.75, 3.05) is 16.8 Å². The average Bonchev–Trinajstić information content (AvgIpc) is 2.66. The molecule has 0 saturated carbocycles. The van der Waals surface area contributed by atoms with Crippen LogP contribution >= 0.6 is 0 Å². The molecule has 0 aliphatic carbocycles. The van der Waals surface area contributed by atoms with Crippen molar-refractivity contribution < 1.29 is 0 Å². The van der Waals surface area contributed by atoms with E-state index in [9.17, 15) is 0 Å². The molecule has 0 fully saturated rings. The Hall–Kier alpha value is -2.88. The lowest BCUT2D eigenvalue weighted by Gasteiger charge is -2.29. The molecule has 0 aliphatic rings. The molecule has 2 aromatic carbocycles. The quantitative estimate of drug-likeness (QED) is 0.631. The van der Waals surface area contributed by atoms with Gasteiger partial charge in [0.25, 0.3) is 0 Å². The molecule has 4 heteroatoms. The van der Waals surface area contributed by atoms with Crippen LogP contribution in [0.4, 0.5) is 17.5 Å². The molecule has 1 heterocycles. The molecule has 4 nitrogen and oxygen atoms in total. The first-order valence-electron chi connectivity index (χ1n) is 8.99. The van der Waals surface area contributed by atoms with Crippen LogP contribution in [0, 0.1) is 6.92 Å². The summed E-state index contributed by atoms with van der Waals surface area (Å²) in [4.78, 5) is 13.9. The minimum Gasteiger partial charge on any atom is -0.350 e. The van der Waals surface area contributed by atoms with Crippen LogP contribution in [-0.4, -0.2) is 23.1 Å². The molecule has 3 aromatic rings. The molecular weight excluding hydrogens is 320 g/mol. The normalized spacial score (nSPS) is 10.8. The topological polar surface area (TPSA) is 32.3 Å². The molecule has 0 bridgehead atoms. The predicted molar refractivity (Wildman–Crippen MR) is 109 cm³/mol. The van der Waals surface area contributed by atoms with Gasteiger partial charge in [-0.3, -0.25) is 0 Å². The largest absolute Gasteiger partial charge is 0.350 e. The molecule has 0 atom stereocenters. The Morgan fingerprint density at radius 2 is 1.50 bits per heavy atom. The third-order valence-electron chi connectivity index (χ3n) is 4.39. The van der Waals surface area contributed by atoms with E-state index in [1.807, 2.05) is 43.1 Å². The summed E-state index contributed by atoms with van der Waals surface area (Å²) in [6, 6.07) is 23.1. The fourth-order valence-electron chi connectivity index (χ4n) is 2.91. The SMILES string of the molecule is Cc1cc(N(Cc2ccccc2)C(C)C)nc(N(C)c2ccccc2)n1. The summed E-state index contributed by atoms with van der Waals surface area (Å²) < 4.78 is 0. The fraction of sp³-hybridized carbons (Fsp3) is 0.273. The number of anilines is 3. The van der Waals surface area contributed by atoms with Crippen LogP contribution in [0.15, 0.2) is 66.7 Å². The summed E-state index contributed by atoms with van der Waals surface area (Å²) in [5.41, 5.74) is 3.31. The van der Waals surface area contributed by atoms with Gasteiger partial charge in [0.2, 0.25) is 5.95 Å². The Kier molecular flexibility index (Phi) is 5.52. The highest BCUT2D eigenvalue weighted by molar-refractivity contribution is 5.58. The van der Waals surface area contributed by atoms with Gasteiger partial charge in [-0.2, -0.15) is 4.98 Å². The third kappa shape index (κ3) is 4.20. The van der Waals surface area contributed by atoms with E-state index >= 15 is 0 Å². The Labute approximate surface area is 156 Å². The van der Waals surface area contributed by atoms with E-state index < -0.39 is 0 Å². The van der Waals surface area contributed by atoms with Gasteiger partial charge in [-0.05, 0) is 38.5 Å². The lowest BCUT2D eigenvalue weighted by atomic mass is 10.2. The van der Waals surface area contributed by atoms with Crippen LogP contribution in [0.1, 0.15) is 25.1 Å². The molecular formula is C22H26N4. The summed E-state index contributed by atoms with van der Waals surface area (Å²) in [7, 11) is 2.00. The van der Waals surface area contributed by atoms with E-state index in [1.165, 1.54) is 5.56 Å². The minimum atomic E-state index is 0.333. The lowest BCUT2D eigenvalue weighted by molar-refractivity contribution is 0.670. The number of benzene rings is 2. The second-order valence-corrected chi connectivity index (χ2v) is 6.77. The van der Waals surface area contributed by atoms with Crippen molar-refractivity contribution in [1.82, 2.24) is 9.97 Å². The number of rotatable bonds is 6. The number of para-hydroxylation sites is 1. The van der Waals surface area contributed by atoms with Crippen molar-refractivity contribution in [2.24, 2.45) is 0 Å². The average molecular weight is 346 g/mol. The van der Waals surface area contributed by atoms with Crippen LogP contribution < -0.4 is 9.80 Å². The minimum absolute atomic E-state index is 0.333. The van der Waals surface area contributed by atoms with Gasteiger partial charge >= 0.3 is 0 Å². The van der Waals surface area contributed by atoms with E-state index in [4.69, 9.17) is 4.98 Å². The maximum absolute atomic E-state index is 4.87. The van der Waals surface area contributed by atoms with Crippen molar-refractivity contribution in [2.45, 2.75) is 33.4 Å². The van der Waals surface area contributed by atoms with Gasteiger partial charge in [0.15, 0.2) is 0 Å². The Balaban J connectivity index is 1.94. The van der Waals surface area contributed by atoms with Crippen LogP contribution in [0.3, 0.4) is 0 Å². The molecule has 3 rings (SSSR count). The van der Waals surface area contributed by atoms with Gasteiger partial charge in [0.05, 0.1) is 0 Å². The van der Waals surface area contributed by atoms with Gasteiger partial charge in [-0.1, -0.05) is 48.5 Å². The highest BCUT2D eigenvalue weighted by atomic mass is 15.3. The molecule has 1 aromatic heterocycles. The van der Waals surface area contributed by atoms with Crippen LogP contribution in [0.5, 0.6) is 0 Å². The number of aromatic nitrogens is 2. The summed E-state index contributed by atoms with van der Waals surface area (Å²) in [5.74, 6) is 1.67. The van der Waals surface area contributed by atoms with E-state index in [0.29, 0.717) is 12.0 Å². The molecule has 0 N–H and O–H groups in total. The predicted octanol–water partition coefficient (Wildman–Crippen LogP) is 4.97. The Morgan fingerprint density at radius 1 is 0.885 bits per heavy atom. The molecule has 134 valence electrons. The molecule has 0 amide bonds. The summed E-state index contributed by atoms with van der Waals surface area (Å²) in [6.45, 7) is 7.24. The van der Waals surface area contributed by atoms with Crippen molar-refractivity contribution in [3.63, 3.8) is 0 Å². The van der Waals surface area contributed by atoms with Crippen molar-refractivity contribution in [3.8, 4) is 0 Å². The highest BCUT2D eigenvalue weighted by Gasteiger charge is 2.16. The van der Waals surface area contributed by atoms with Gasteiger partial charge < -0.3 is 9.80 Å². The maximum atomic E-state index is 4.87. The van der Waals surface area contributed by atoms with Crippen LogP contribution in [0.25, 0.3) is 0 Å². The van der Waals surface area contributed by atoms with E-state index in [1.54, 1.807) is 0 Å². The molecule has 0 saturated heterocycles. The smallest absolute Gasteiger partial charge is 0.231 e. The van der Waals surface area contributed by atoms with Gasteiger partial charge in [0.1, 0.15) is 5.82 Å². The van der Waals surface area contributed by atoms with Crippen LogP contribution in [-0.2, 0) is 6.54 Å². The number of hydrogen-bond acceptors (Lipinski definition) is 4. The second kappa shape index (κ2) is 8.00. The highest BCUT2D eigenvalue weighted by Crippen LogP contribution is 2.25. The first kappa shape index (κ1) is 17.9. The van der Waals surface area contributed by atoms with Gasteiger partial charge in [-0.25, -0.2) is 4.98 Å². The maximum Gasteiger partial charge on any atom is 0.231 e. The molecule has 0 aliphatic heterocycles. The number of nitrogens with zero attached hydrogens (tertiary/aromatic N) is 4. The van der Waals surface area contributed by atoms with Crippen LogP contribution in [0.2, 0.25) is 0 Å². The Bertz CT molecular complexity index is 831. The second-order valence-electron chi connectivity index (χ2n) is 6.77. The first-order chi connectivity index (χ1) is 12.5. The van der Waals surface area contributed by atoms with Gasteiger partial charge in [0, 0.05) is 37.1 Å². The standard InChI is InChI=1S/C22H26N4/c1-17(2)26(16-19-11-7-5-8-12-19)21-15-18(3)23-22(24-21)25(4)20-13-9-6-10-14-20/h5-15,17H,16H2,1-4H3. The van der Waals surface area contributed by atoms with E-state index in [0.717, 1.165) is 23.7 Å². The first-order valence-corrected chi connectivity index (χ1v) is 8.99.